The minimum absolute atomic E-state index is 0.0266. The first-order valence-corrected chi connectivity index (χ1v) is 4.73. The van der Waals surface area contributed by atoms with E-state index in [4.69, 9.17) is 10.5 Å². The van der Waals surface area contributed by atoms with E-state index in [2.05, 4.69) is 19.1 Å². The Labute approximate surface area is 78.7 Å². The normalized spacial score (nSPS) is 28.5. The number of rotatable bonds is 3. The number of epoxide rings is 1. The molecule has 1 aromatic carbocycles. The van der Waals surface area contributed by atoms with E-state index in [1.54, 1.807) is 0 Å². The highest BCUT2D eigenvalue weighted by Crippen LogP contribution is 2.40. The standard InChI is InChI=1S/C11H15NO/c1-2-11(8-13-11)10(12)9-6-4-3-5-7-9/h3-7,10H,2,8,12H2,1H3. The fourth-order valence-corrected chi connectivity index (χ4v) is 1.66. The summed E-state index contributed by atoms with van der Waals surface area (Å²) in [6.07, 6.45) is 0.989. The number of ether oxygens (including phenoxy) is 1. The van der Waals surface area contributed by atoms with Gasteiger partial charge < -0.3 is 10.5 Å². The zero-order valence-corrected chi connectivity index (χ0v) is 7.86. The zero-order chi connectivity index (χ0) is 9.31. The van der Waals surface area contributed by atoms with E-state index in [0.29, 0.717) is 0 Å². The lowest BCUT2D eigenvalue weighted by Gasteiger charge is -2.18. The molecule has 70 valence electrons. The van der Waals surface area contributed by atoms with Gasteiger partial charge in [0.1, 0.15) is 5.60 Å². The maximum atomic E-state index is 6.12. The van der Waals surface area contributed by atoms with E-state index >= 15 is 0 Å². The van der Waals surface area contributed by atoms with Gasteiger partial charge in [-0.3, -0.25) is 0 Å². The maximum Gasteiger partial charge on any atom is 0.110 e. The third-order valence-electron chi connectivity index (χ3n) is 2.84. The first-order chi connectivity index (χ1) is 6.28. The van der Waals surface area contributed by atoms with Crippen molar-refractivity contribution in [1.82, 2.24) is 0 Å². The average Bonchev–Trinajstić information content (AvgIpc) is 2.99. The van der Waals surface area contributed by atoms with Gasteiger partial charge in [-0.25, -0.2) is 0 Å². The summed E-state index contributed by atoms with van der Waals surface area (Å²) in [7, 11) is 0. The Balaban J connectivity index is 2.18. The highest BCUT2D eigenvalue weighted by Gasteiger charge is 2.48. The number of hydrogen-bond donors (Lipinski definition) is 1. The van der Waals surface area contributed by atoms with Crippen LogP contribution in [0.4, 0.5) is 0 Å². The van der Waals surface area contributed by atoms with Gasteiger partial charge in [0, 0.05) is 0 Å². The second-order valence-corrected chi connectivity index (χ2v) is 3.60. The Morgan fingerprint density at radius 3 is 2.54 bits per heavy atom. The number of hydrogen-bond acceptors (Lipinski definition) is 2. The largest absolute Gasteiger partial charge is 0.368 e. The molecule has 0 amide bonds. The molecule has 0 bridgehead atoms. The predicted octanol–water partition coefficient (Wildman–Crippen LogP) is 1.87. The highest BCUT2D eigenvalue weighted by atomic mass is 16.6. The van der Waals surface area contributed by atoms with Gasteiger partial charge in [0.15, 0.2) is 0 Å². The number of nitrogens with two attached hydrogens (primary N) is 1. The summed E-state index contributed by atoms with van der Waals surface area (Å²) in [6.45, 7) is 2.93. The van der Waals surface area contributed by atoms with Crippen molar-refractivity contribution < 1.29 is 4.74 Å². The first-order valence-electron chi connectivity index (χ1n) is 4.73. The summed E-state index contributed by atoms with van der Waals surface area (Å²) in [5, 5.41) is 0. The lowest BCUT2D eigenvalue weighted by molar-refractivity contribution is 0.257. The van der Waals surface area contributed by atoms with Gasteiger partial charge in [-0.2, -0.15) is 0 Å². The van der Waals surface area contributed by atoms with E-state index in [1.165, 1.54) is 5.56 Å². The second-order valence-electron chi connectivity index (χ2n) is 3.60. The molecule has 0 radical (unpaired) electrons. The fourth-order valence-electron chi connectivity index (χ4n) is 1.66. The van der Waals surface area contributed by atoms with Crippen LogP contribution >= 0.6 is 0 Å². The molecule has 2 heteroatoms. The van der Waals surface area contributed by atoms with E-state index in [0.717, 1.165) is 13.0 Å². The molecule has 1 aliphatic rings. The molecule has 0 aliphatic carbocycles. The van der Waals surface area contributed by atoms with Crippen LogP contribution in [-0.4, -0.2) is 12.2 Å². The Bertz CT molecular complexity index is 279. The van der Waals surface area contributed by atoms with E-state index in [9.17, 15) is 0 Å². The van der Waals surface area contributed by atoms with Crippen LogP contribution in [0.15, 0.2) is 30.3 Å². The monoisotopic (exact) mass is 177 g/mol. The van der Waals surface area contributed by atoms with Gasteiger partial charge in [0.2, 0.25) is 0 Å². The molecule has 2 N–H and O–H groups in total. The third kappa shape index (κ3) is 1.47. The molecule has 1 saturated heterocycles. The second kappa shape index (κ2) is 3.13. The van der Waals surface area contributed by atoms with Crippen molar-refractivity contribution in [2.45, 2.75) is 25.0 Å². The van der Waals surface area contributed by atoms with Gasteiger partial charge in [-0.05, 0) is 12.0 Å². The summed E-state index contributed by atoms with van der Waals surface area (Å²) >= 11 is 0. The van der Waals surface area contributed by atoms with E-state index < -0.39 is 0 Å². The summed E-state index contributed by atoms with van der Waals surface area (Å²) in [5.74, 6) is 0. The molecule has 2 unspecified atom stereocenters. The highest BCUT2D eigenvalue weighted by molar-refractivity contribution is 5.23. The molecule has 1 aliphatic heterocycles. The summed E-state index contributed by atoms with van der Waals surface area (Å²) in [4.78, 5) is 0. The van der Waals surface area contributed by atoms with Crippen LogP contribution in [0.5, 0.6) is 0 Å². The minimum Gasteiger partial charge on any atom is -0.368 e. The fraction of sp³-hybridized carbons (Fsp3) is 0.455. The van der Waals surface area contributed by atoms with Crippen molar-refractivity contribution in [2.24, 2.45) is 5.73 Å². The van der Waals surface area contributed by atoms with Crippen LogP contribution in [-0.2, 0) is 4.74 Å². The zero-order valence-electron chi connectivity index (χ0n) is 7.86. The molecule has 13 heavy (non-hydrogen) atoms. The topological polar surface area (TPSA) is 38.5 Å². The SMILES string of the molecule is CCC1(C(N)c2ccccc2)CO1. The molecule has 0 aromatic heterocycles. The minimum atomic E-state index is -0.0681. The van der Waals surface area contributed by atoms with Gasteiger partial charge in [0.25, 0.3) is 0 Å². The van der Waals surface area contributed by atoms with Crippen LogP contribution in [0.3, 0.4) is 0 Å². The average molecular weight is 177 g/mol. The Morgan fingerprint density at radius 1 is 1.46 bits per heavy atom. The first kappa shape index (κ1) is 8.73. The molecule has 2 atom stereocenters. The van der Waals surface area contributed by atoms with Gasteiger partial charge in [-0.1, -0.05) is 37.3 Å². The van der Waals surface area contributed by atoms with Crippen LogP contribution in [0.2, 0.25) is 0 Å². The lowest BCUT2D eigenvalue weighted by Crippen LogP contribution is -2.28. The third-order valence-corrected chi connectivity index (χ3v) is 2.84. The predicted molar refractivity (Wildman–Crippen MR) is 52.3 cm³/mol. The maximum absolute atomic E-state index is 6.12. The number of benzene rings is 1. The van der Waals surface area contributed by atoms with Crippen molar-refractivity contribution in [3.05, 3.63) is 35.9 Å². The quantitative estimate of drug-likeness (QED) is 0.716. The molecule has 1 fully saturated rings. The van der Waals surface area contributed by atoms with E-state index in [-0.39, 0.29) is 11.6 Å². The molecule has 2 nitrogen and oxygen atoms in total. The van der Waals surface area contributed by atoms with E-state index in [1.807, 2.05) is 18.2 Å². The van der Waals surface area contributed by atoms with Gasteiger partial charge in [-0.15, -0.1) is 0 Å². The van der Waals surface area contributed by atoms with Crippen molar-refractivity contribution in [3.63, 3.8) is 0 Å². The summed E-state index contributed by atoms with van der Waals surface area (Å²) < 4.78 is 5.44. The van der Waals surface area contributed by atoms with Crippen molar-refractivity contribution in [2.75, 3.05) is 6.61 Å². The molecule has 2 rings (SSSR count). The molecular weight excluding hydrogens is 162 g/mol. The Kier molecular flexibility index (Phi) is 2.10. The molecule has 0 saturated carbocycles. The van der Waals surface area contributed by atoms with Crippen LogP contribution in [0.25, 0.3) is 0 Å². The molecule has 0 spiro atoms. The molecular formula is C11H15NO. The molecule has 1 heterocycles. The van der Waals surface area contributed by atoms with Gasteiger partial charge >= 0.3 is 0 Å². The van der Waals surface area contributed by atoms with Crippen LogP contribution in [0.1, 0.15) is 24.9 Å². The van der Waals surface area contributed by atoms with Crippen molar-refractivity contribution >= 4 is 0 Å². The van der Waals surface area contributed by atoms with Crippen LogP contribution in [0, 0.1) is 0 Å². The Morgan fingerprint density at radius 2 is 2.08 bits per heavy atom. The Hall–Kier alpha value is -0.860. The van der Waals surface area contributed by atoms with Crippen molar-refractivity contribution in [3.8, 4) is 0 Å². The molecule has 1 aromatic rings. The summed E-state index contributed by atoms with van der Waals surface area (Å²) in [6, 6.07) is 10.2. The van der Waals surface area contributed by atoms with Crippen molar-refractivity contribution in [1.29, 1.82) is 0 Å². The summed E-state index contributed by atoms with van der Waals surface area (Å²) in [5.41, 5.74) is 7.22. The smallest absolute Gasteiger partial charge is 0.110 e. The van der Waals surface area contributed by atoms with Crippen LogP contribution < -0.4 is 5.73 Å². The lowest BCUT2D eigenvalue weighted by atomic mass is 9.92. The van der Waals surface area contributed by atoms with Gasteiger partial charge in [0.05, 0.1) is 12.6 Å².